The number of ether oxygens (including phenoxy) is 1. The molecule has 0 saturated carbocycles. The molecule has 8 aromatic carbocycles. The standard InChI is InChI=1S/C44H31OP/c1-5-13-33-27(9-1)17-19-31-25-45-43(37-23-21-29-11-3-7-15-35(29)41(37)39(31)33)44-38-24-22-30-12-4-8-16-36(30)42(38)40-32(26-46-44)20-18-28-10-2-6-14-34(28)40/h1-24,43-44,46H,25-26H2. The van der Waals surface area contributed by atoms with Crippen LogP contribution in [-0.2, 0) is 17.5 Å². The van der Waals surface area contributed by atoms with E-state index in [0.29, 0.717) is 15.2 Å². The second kappa shape index (κ2) is 10.4. The molecule has 3 atom stereocenters. The average Bonchev–Trinajstić information content (AvgIpc) is 3.40. The molecule has 0 spiro atoms. The van der Waals surface area contributed by atoms with Crippen molar-refractivity contribution in [3.05, 3.63) is 168 Å². The van der Waals surface area contributed by atoms with Crippen LogP contribution in [0.3, 0.4) is 0 Å². The number of rotatable bonds is 1. The fourth-order valence-electron chi connectivity index (χ4n) is 8.27. The molecule has 46 heavy (non-hydrogen) atoms. The van der Waals surface area contributed by atoms with E-state index < -0.39 is 0 Å². The third-order valence-electron chi connectivity index (χ3n) is 10.3. The van der Waals surface area contributed by atoms with E-state index in [2.05, 4.69) is 146 Å². The molecule has 0 N–H and O–H groups in total. The summed E-state index contributed by atoms with van der Waals surface area (Å²) in [7, 11) is 0.682. The molecule has 0 bridgehead atoms. The Bertz CT molecular complexity index is 2330. The van der Waals surface area contributed by atoms with E-state index in [9.17, 15) is 0 Å². The summed E-state index contributed by atoms with van der Waals surface area (Å²) in [6.07, 6.45) is 0.955. The van der Waals surface area contributed by atoms with Gasteiger partial charge in [-0.25, -0.2) is 0 Å². The monoisotopic (exact) mass is 606 g/mol. The molecular weight excluding hydrogens is 575 g/mol. The van der Waals surface area contributed by atoms with Gasteiger partial charge in [-0.1, -0.05) is 146 Å². The van der Waals surface area contributed by atoms with Crippen molar-refractivity contribution < 1.29 is 4.74 Å². The number of hydrogen-bond acceptors (Lipinski definition) is 1. The maximum atomic E-state index is 7.21. The third-order valence-corrected chi connectivity index (χ3v) is 12.0. The smallest absolute Gasteiger partial charge is 0.0941 e. The molecule has 2 heteroatoms. The Hall–Kier alpha value is -4.81. The lowest BCUT2D eigenvalue weighted by atomic mass is 9.83. The van der Waals surface area contributed by atoms with Gasteiger partial charge in [-0.15, -0.1) is 8.58 Å². The molecule has 0 radical (unpaired) electrons. The molecule has 3 unspecified atom stereocenters. The molecule has 0 saturated heterocycles. The third kappa shape index (κ3) is 3.89. The Morgan fingerprint density at radius 2 is 0.848 bits per heavy atom. The van der Waals surface area contributed by atoms with Gasteiger partial charge in [-0.3, -0.25) is 0 Å². The highest BCUT2D eigenvalue weighted by Gasteiger charge is 2.36. The van der Waals surface area contributed by atoms with E-state index in [4.69, 9.17) is 4.74 Å². The molecule has 2 aliphatic rings. The van der Waals surface area contributed by atoms with Gasteiger partial charge in [0.2, 0.25) is 0 Å². The summed E-state index contributed by atoms with van der Waals surface area (Å²) in [6.45, 7) is 0.591. The van der Waals surface area contributed by atoms with Crippen molar-refractivity contribution in [3.63, 3.8) is 0 Å². The Morgan fingerprint density at radius 3 is 1.43 bits per heavy atom. The van der Waals surface area contributed by atoms with Crippen molar-refractivity contribution in [2.45, 2.75) is 24.5 Å². The lowest BCUT2D eigenvalue weighted by Gasteiger charge is -2.29. The van der Waals surface area contributed by atoms with Crippen LogP contribution in [0.15, 0.2) is 146 Å². The summed E-state index contributed by atoms with van der Waals surface area (Å²) in [5.74, 6) is 0. The number of benzene rings is 8. The van der Waals surface area contributed by atoms with Crippen LogP contribution in [0.4, 0.5) is 0 Å². The molecule has 2 heterocycles. The van der Waals surface area contributed by atoms with Gasteiger partial charge in [-0.05, 0) is 93.8 Å². The van der Waals surface area contributed by atoms with Crippen LogP contribution in [0.1, 0.15) is 34.0 Å². The molecule has 2 aliphatic heterocycles. The van der Waals surface area contributed by atoms with E-state index in [-0.39, 0.29) is 11.8 Å². The van der Waals surface area contributed by atoms with Crippen molar-refractivity contribution in [2.75, 3.05) is 0 Å². The van der Waals surface area contributed by atoms with Crippen LogP contribution in [-0.4, -0.2) is 0 Å². The summed E-state index contributed by atoms with van der Waals surface area (Å²) in [5, 5.41) is 10.4. The first-order valence-electron chi connectivity index (χ1n) is 16.2. The normalized spacial score (nSPS) is 17.7. The fraction of sp³-hybridized carbons (Fsp3) is 0.0909. The second-order valence-electron chi connectivity index (χ2n) is 12.7. The van der Waals surface area contributed by atoms with E-state index >= 15 is 0 Å². The highest BCUT2D eigenvalue weighted by Crippen LogP contribution is 2.58. The van der Waals surface area contributed by atoms with Crippen molar-refractivity contribution >= 4 is 51.7 Å². The SMILES string of the molecule is c1ccc2c3c(ccc2c1)COC(C1PCc2ccc4ccccc4c2-c2c1ccc1ccccc21)c1ccc2ccccc2c1-3. The largest absolute Gasteiger partial charge is 0.368 e. The molecule has 0 amide bonds. The molecule has 218 valence electrons. The summed E-state index contributed by atoms with van der Waals surface area (Å²) >= 11 is 0. The van der Waals surface area contributed by atoms with Gasteiger partial charge < -0.3 is 4.74 Å². The highest BCUT2D eigenvalue weighted by molar-refractivity contribution is 7.37. The fourth-order valence-corrected chi connectivity index (χ4v) is 9.95. The Kier molecular flexibility index (Phi) is 5.95. The van der Waals surface area contributed by atoms with E-state index in [1.54, 1.807) is 0 Å². The van der Waals surface area contributed by atoms with Gasteiger partial charge in [0.25, 0.3) is 0 Å². The summed E-state index contributed by atoms with van der Waals surface area (Å²) in [6, 6.07) is 54.3. The van der Waals surface area contributed by atoms with Gasteiger partial charge in [-0.2, -0.15) is 0 Å². The maximum absolute atomic E-state index is 7.21. The van der Waals surface area contributed by atoms with Crippen LogP contribution >= 0.6 is 8.58 Å². The van der Waals surface area contributed by atoms with Crippen LogP contribution in [0.2, 0.25) is 0 Å². The maximum Gasteiger partial charge on any atom is 0.0941 e. The lowest BCUT2D eigenvalue weighted by Crippen LogP contribution is -2.12. The minimum absolute atomic E-state index is 0.0791. The molecule has 0 aliphatic carbocycles. The van der Waals surface area contributed by atoms with Crippen molar-refractivity contribution in [1.82, 2.24) is 0 Å². The lowest BCUT2D eigenvalue weighted by molar-refractivity contribution is 0.0398. The Morgan fingerprint density at radius 1 is 0.413 bits per heavy atom. The van der Waals surface area contributed by atoms with Crippen molar-refractivity contribution in [1.29, 1.82) is 0 Å². The van der Waals surface area contributed by atoms with Crippen LogP contribution in [0.5, 0.6) is 0 Å². The van der Waals surface area contributed by atoms with E-state index in [0.717, 1.165) is 6.16 Å². The molecule has 10 rings (SSSR count). The zero-order chi connectivity index (χ0) is 30.2. The average molecular weight is 607 g/mol. The summed E-state index contributed by atoms with van der Waals surface area (Å²) in [5.41, 5.74) is 11.1. The topological polar surface area (TPSA) is 9.23 Å². The van der Waals surface area contributed by atoms with E-state index in [1.807, 2.05) is 0 Å². The first kappa shape index (κ1) is 26.4. The predicted molar refractivity (Wildman–Crippen MR) is 196 cm³/mol. The first-order valence-corrected chi connectivity index (χ1v) is 17.5. The van der Waals surface area contributed by atoms with Crippen molar-refractivity contribution in [3.8, 4) is 22.3 Å². The van der Waals surface area contributed by atoms with Crippen LogP contribution in [0.25, 0.3) is 65.3 Å². The minimum Gasteiger partial charge on any atom is -0.368 e. The van der Waals surface area contributed by atoms with Gasteiger partial charge in [0.05, 0.1) is 12.7 Å². The molecule has 1 nitrogen and oxygen atoms in total. The van der Waals surface area contributed by atoms with Gasteiger partial charge >= 0.3 is 0 Å². The quantitative estimate of drug-likeness (QED) is 0.169. The second-order valence-corrected chi connectivity index (χ2v) is 14.1. The Balaban J connectivity index is 1.27. The number of fused-ring (bicyclic) bond motifs is 14. The van der Waals surface area contributed by atoms with Gasteiger partial charge in [0.1, 0.15) is 0 Å². The first-order chi connectivity index (χ1) is 22.8. The zero-order valence-corrected chi connectivity index (χ0v) is 26.3. The van der Waals surface area contributed by atoms with Gasteiger partial charge in [0, 0.05) is 5.66 Å². The molecule has 8 aromatic rings. The Labute approximate surface area is 270 Å². The molecule has 0 fully saturated rings. The molecular formula is C44H31OP. The van der Waals surface area contributed by atoms with E-state index in [1.165, 1.54) is 87.6 Å². The minimum atomic E-state index is -0.0791. The summed E-state index contributed by atoms with van der Waals surface area (Å²) in [4.78, 5) is 0. The predicted octanol–water partition coefficient (Wildman–Crippen LogP) is 12.1. The number of hydrogen-bond donors (Lipinski definition) is 0. The summed E-state index contributed by atoms with van der Waals surface area (Å²) < 4.78 is 7.21. The van der Waals surface area contributed by atoms with Crippen molar-refractivity contribution in [2.24, 2.45) is 0 Å². The van der Waals surface area contributed by atoms with Crippen LogP contribution < -0.4 is 0 Å². The zero-order valence-electron chi connectivity index (χ0n) is 25.3. The van der Waals surface area contributed by atoms with Crippen LogP contribution in [0, 0.1) is 0 Å². The van der Waals surface area contributed by atoms with Gasteiger partial charge in [0.15, 0.2) is 0 Å². The molecule has 0 aromatic heterocycles. The highest BCUT2D eigenvalue weighted by atomic mass is 31.1.